The fourth-order valence-corrected chi connectivity index (χ4v) is 2.70. The Labute approximate surface area is 112 Å². The van der Waals surface area contributed by atoms with Gasteiger partial charge in [0.25, 0.3) is 0 Å². The Balaban J connectivity index is 3.69. The van der Waals surface area contributed by atoms with Crippen molar-refractivity contribution in [1.82, 2.24) is 0 Å². The Hall–Kier alpha value is 0.480. The van der Waals surface area contributed by atoms with Crippen LogP contribution in [0.3, 0.4) is 0 Å². The second kappa shape index (κ2) is 9.50. The average molecular weight is 291 g/mol. The summed E-state index contributed by atoms with van der Waals surface area (Å²) in [4.78, 5) is 0. The molecule has 0 aromatic rings. The van der Waals surface area contributed by atoms with E-state index in [4.69, 9.17) is 0 Å². The van der Waals surface area contributed by atoms with Crippen molar-refractivity contribution in [2.75, 3.05) is 5.33 Å². The molecule has 0 spiro atoms. The molecule has 0 heterocycles. The van der Waals surface area contributed by atoms with Crippen molar-refractivity contribution in [2.24, 2.45) is 23.7 Å². The predicted octanol–water partition coefficient (Wildman–Crippen LogP) is 5.90. The Kier molecular flexibility index (Phi) is 9.79. The normalized spacial score (nSPS) is 19.1. The van der Waals surface area contributed by atoms with Gasteiger partial charge in [-0.3, -0.25) is 0 Å². The molecule has 0 aromatic heterocycles. The summed E-state index contributed by atoms with van der Waals surface area (Å²) in [5.41, 5.74) is 0. The lowest BCUT2D eigenvalue weighted by molar-refractivity contribution is 0.301. The summed E-state index contributed by atoms with van der Waals surface area (Å²) in [6.45, 7) is 11.9. The van der Waals surface area contributed by atoms with Gasteiger partial charge in [-0.15, -0.1) is 0 Å². The van der Waals surface area contributed by atoms with Gasteiger partial charge in [-0.25, -0.2) is 0 Å². The lowest BCUT2D eigenvalue weighted by atomic mass is 9.84. The van der Waals surface area contributed by atoms with E-state index in [9.17, 15) is 0 Å². The first-order chi connectivity index (χ1) is 7.51. The zero-order valence-corrected chi connectivity index (χ0v) is 13.5. The molecule has 0 aromatic carbocycles. The highest BCUT2D eigenvalue weighted by Crippen LogP contribution is 2.25. The Bertz CT molecular complexity index is 156. The number of halogens is 1. The van der Waals surface area contributed by atoms with Crippen LogP contribution in [0.2, 0.25) is 0 Å². The summed E-state index contributed by atoms with van der Waals surface area (Å²) in [6, 6.07) is 0. The summed E-state index contributed by atoms with van der Waals surface area (Å²) >= 11 is 3.57. The third-order valence-corrected chi connectivity index (χ3v) is 5.00. The molecule has 4 unspecified atom stereocenters. The van der Waals surface area contributed by atoms with E-state index in [1.54, 1.807) is 0 Å². The molecule has 0 nitrogen and oxygen atoms in total. The maximum atomic E-state index is 3.57. The highest BCUT2D eigenvalue weighted by atomic mass is 79.9. The van der Waals surface area contributed by atoms with E-state index in [1.165, 1.54) is 32.1 Å². The molecule has 0 aliphatic rings. The van der Waals surface area contributed by atoms with E-state index in [0.29, 0.717) is 0 Å². The van der Waals surface area contributed by atoms with Crippen LogP contribution in [0.1, 0.15) is 66.7 Å². The van der Waals surface area contributed by atoms with Crippen molar-refractivity contribution in [3.8, 4) is 0 Å². The van der Waals surface area contributed by atoms with Crippen molar-refractivity contribution >= 4 is 15.9 Å². The van der Waals surface area contributed by atoms with Crippen LogP contribution >= 0.6 is 15.9 Å². The average Bonchev–Trinajstić information content (AvgIpc) is 2.25. The van der Waals surface area contributed by atoms with E-state index in [-0.39, 0.29) is 0 Å². The smallest absolute Gasteiger partial charge is 0.00571 e. The third-order valence-electron chi connectivity index (χ3n) is 3.90. The number of rotatable bonds is 9. The van der Waals surface area contributed by atoms with Crippen molar-refractivity contribution < 1.29 is 0 Å². The topological polar surface area (TPSA) is 0 Å². The van der Waals surface area contributed by atoms with Crippen LogP contribution in [0.15, 0.2) is 0 Å². The zero-order valence-electron chi connectivity index (χ0n) is 11.9. The first-order valence-electron chi connectivity index (χ1n) is 7.07. The van der Waals surface area contributed by atoms with Crippen LogP contribution in [0, 0.1) is 23.7 Å². The lowest BCUT2D eigenvalue weighted by Crippen LogP contribution is -2.11. The van der Waals surface area contributed by atoms with Gasteiger partial charge in [0.05, 0.1) is 0 Å². The molecule has 0 N–H and O–H groups in total. The largest absolute Gasteiger partial charge is 0.0925 e. The first kappa shape index (κ1) is 16.5. The second-order valence-corrected chi connectivity index (χ2v) is 6.57. The Morgan fingerprint density at radius 2 is 1.38 bits per heavy atom. The molecule has 0 radical (unpaired) electrons. The highest BCUT2D eigenvalue weighted by molar-refractivity contribution is 9.09. The summed E-state index contributed by atoms with van der Waals surface area (Å²) in [5, 5.41) is 1.15. The van der Waals surface area contributed by atoms with Crippen LogP contribution < -0.4 is 0 Å². The molecular weight excluding hydrogens is 260 g/mol. The third kappa shape index (κ3) is 7.70. The van der Waals surface area contributed by atoms with E-state index in [2.05, 4.69) is 50.5 Å². The summed E-state index contributed by atoms with van der Waals surface area (Å²) in [6.07, 6.45) is 6.93. The summed E-state index contributed by atoms with van der Waals surface area (Å²) < 4.78 is 0. The van der Waals surface area contributed by atoms with E-state index in [0.717, 1.165) is 29.0 Å². The minimum atomic E-state index is 0.832. The molecule has 98 valence electrons. The maximum absolute atomic E-state index is 3.57. The monoisotopic (exact) mass is 290 g/mol. The standard InChI is InChI=1S/C15H31Br/c1-6-7-14(4)15(5)9-8-12(2)10-13(3)11-16/h12-15H,6-11H2,1-5H3. The van der Waals surface area contributed by atoms with Gasteiger partial charge in [-0.2, -0.15) is 0 Å². The molecule has 0 aliphatic carbocycles. The number of alkyl halides is 1. The van der Waals surface area contributed by atoms with Gasteiger partial charge in [0.2, 0.25) is 0 Å². The maximum Gasteiger partial charge on any atom is 0.00571 e. The zero-order chi connectivity index (χ0) is 12.6. The number of hydrogen-bond donors (Lipinski definition) is 0. The summed E-state index contributed by atoms with van der Waals surface area (Å²) in [7, 11) is 0. The van der Waals surface area contributed by atoms with Gasteiger partial charge in [-0.1, -0.05) is 76.2 Å². The molecule has 0 saturated heterocycles. The number of hydrogen-bond acceptors (Lipinski definition) is 0. The SMILES string of the molecule is CCCC(C)C(C)CCC(C)CC(C)CBr. The molecule has 0 saturated carbocycles. The fourth-order valence-electron chi connectivity index (χ4n) is 2.44. The summed E-state index contributed by atoms with van der Waals surface area (Å²) in [5.74, 6) is 3.54. The van der Waals surface area contributed by atoms with Gasteiger partial charge in [-0.05, 0) is 30.1 Å². The molecule has 0 fully saturated rings. The van der Waals surface area contributed by atoms with Crippen molar-refractivity contribution in [2.45, 2.75) is 66.7 Å². The molecular formula is C15H31Br. The molecule has 16 heavy (non-hydrogen) atoms. The fraction of sp³-hybridized carbons (Fsp3) is 1.00. The van der Waals surface area contributed by atoms with Gasteiger partial charge < -0.3 is 0 Å². The van der Waals surface area contributed by atoms with Crippen LogP contribution in [0.4, 0.5) is 0 Å². The predicted molar refractivity (Wildman–Crippen MR) is 79.2 cm³/mol. The minimum absolute atomic E-state index is 0.832. The van der Waals surface area contributed by atoms with Crippen molar-refractivity contribution in [3.05, 3.63) is 0 Å². The van der Waals surface area contributed by atoms with Crippen LogP contribution in [0.5, 0.6) is 0 Å². The minimum Gasteiger partial charge on any atom is -0.0925 e. The van der Waals surface area contributed by atoms with E-state index >= 15 is 0 Å². The van der Waals surface area contributed by atoms with Crippen molar-refractivity contribution in [1.29, 1.82) is 0 Å². The van der Waals surface area contributed by atoms with Gasteiger partial charge in [0.15, 0.2) is 0 Å². The quantitative estimate of drug-likeness (QED) is 0.464. The van der Waals surface area contributed by atoms with Crippen LogP contribution in [-0.2, 0) is 0 Å². The van der Waals surface area contributed by atoms with E-state index < -0.39 is 0 Å². The Morgan fingerprint density at radius 3 is 1.88 bits per heavy atom. The molecule has 1 heteroatoms. The first-order valence-corrected chi connectivity index (χ1v) is 8.19. The Morgan fingerprint density at radius 1 is 0.812 bits per heavy atom. The lowest BCUT2D eigenvalue weighted by Gasteiger charge is -2.22. The van der Waals surface area contributed by atoms with Crippen LogP contribution in [-0.4, -0.2) is 5.33 Å². The molecule has 0 aliphatic heterocycles. The van der Waals surface area contributed by atoms with Crippen LogP contribution in [0.25, 0.3) is 0 Å². The van der Waals surface area contributed by atoms with Gasteiger partial charge in [0.1, 0.15) is 0 Å². The molecule has 0 bridgehead atoms. The molecule has 0 amide bonds. The second-order valence-electron chi connectivity index (χ2n) is 5.92. The van der Waals surface area contributed by atoms with Crippen molar-refractivity contribution in [3.63, 3.8) is 0 Å². The van der Waals surface area contributed by atoms with Gasteiger partial charge >= 0.3 is 0 Å². The van der Waals surface area contributed by atoms with Gasteiger partial charge in [0, 0.05) is 5.33 Å². The van der Waals surface area contributed by atoms with E-state index in [1.807, 2.05) is 0 Å². The molecule has 4 atom stereocenters. The highest BCUT2D eigenvalue weighted by Gasteiger charge is 2.14. The molecule has 0 rings (SSSR count).